The van der Waals surface area contributed by atoms with Crippen molar-refractivity contribution in [1.82, 2.24) is 9.80 Å². The van der Waals surface area contributed by atoms with Crippen molar-refractivity contribution < 1.29 is 19.1 Å². The molecule has 32 heavy (non-hydrogen) atoms. The summed E-state index contributed by atoms with van der Waals surface area (Å²) in [6, 6.07) is 11.4. The van der Waals surface area contributed by atoms with Crippen LogP contribution in [-0.4, -0.2) is 61.0 Å². The summed E-state index contributed by atoms with van der Waals surface area (Å²) in [5, 5.41) is 0. The number of nitrogens with zero attached hydrogens (tertiary/aromatic N) is 2. The van der Waals surface area contributed by atoms with Gasteiger partial charge in [-0.3, -0.25) is 9.59 Å². The molecule has 2 aromatic rings. The second-order valence-corrected chi connectivity index (χ2v) is 9.09. The molecule has 1 fully saturated rings. The molecule has 2 aliphatic heterocycles. The predicted molar refractivity (Wildman–Crippen MR) is 122 cm³/mol. The lowest BCUT2D eigenvalue weighted by Crippen LogP contribution is -2.54. The van der Waals surface area contributed by atoms with Gasteiger partial charge in [-0.1, -0.05) is 12.8 Å². The highest BCUT2D eigenvalue weighted by molar-refractivity contribution is 5.96. The van der Waals surface area contributed by atoms with Crippen molar-refractivity contribution in [1.29, 1.82) is 0 Å². The molecule has 2 aromatic carbocycles. The van der Waals surface area contributed by atoms with Crippen molar-refractivity contribution in [2.75, 3.05) is 27.3 Å². The van der Waals surface area contributed by atoms with E-state index in [1.165, 1.54) is 0 Å². The van der Waals surface area contributed by atoms with Crippen molar-refractivity contribution in [3.63, 3.8) is 0 Å². The third kappa shape index (κ3) is 3.72. The van der Waals surface area contributed by atoms with Crippen LogP contribution in [0.4, 0.5) is 0 Å². The van der Waals surface area contributed by atoms with Crippen LogP contribution >= 0.6 is 0 Å². The minimum absolute atomic E-state index is 0.00660. The zero-order chi connectivity index (χ0) is 22.2. The number of rotatable bonds is 4. The number of carbonyl (C=O) groups excluding carboxylic acids is 2. The van der Waals surface area contributed by atoms with Crippen molar-refractivity contribution >= 4 is 11.8 Å². The average molecular weight is 435 g/mol. The van der Waals surface area contributed by atoms with E-state index < -0.39 is 0 Å². The van der Waals surface area contributed by atoms with Crippen molar-refractivity contribution in [2.24, 2.45) is 0 Å². The summed E-state index contributed by atoms with van der Waals surface area (Å²) in [5.74, 6) is 1.77. The Morgan fingerprint density at radius 1 is 0.750 bits per heavy atom. The first-order valence-electron chi connectivity index (χ1n) is 11.6. The Bertz CT molecular complexity index is 967. The molecule has 0 unspecified atom stereocenters. The maximum Gasteiger partial charge on any atom is 0.253 e. The maximum atomic E-state index is 13.3. The van der Waals surface area contributed by atoms with E-state index in [1.807, 2.05) is 60.3 Å². The minimum atomic E-state index is -0.00698. The first kappa shape index (κ1) is 20.9. The summed E-state index contributed by atoms with van der Waals surface area (Å²) in [5.41, 5.74) is 3.57. The number of hydrogen-bond donors (Lipinski definition) is 0. The molecule has 0 radical (unpaired) electrons. The van der Waals surface area contributed by atoms with E-state index in [9.17, 15) is 9.59 Å². The molecule has 3 aliphatic rings. The van der Waals surface area contributed by atoms with E-state index in [-0.39, 0.29) is 23.9 Å². The number of ether oxygens (including phenoxy) is 2. The van der Waals surface area contributed by atoms with Crippen molar-refractivity contribution in [3.8, 4) is 11.5 Å². The van der Waals surface area contributed by atoms with E-state index in [0.29, 0.717) is 24.3 Å². The Hall–Kier alpha value is -3.02. The van der Waals surface area contributed by atoms with Gasteiger partial charge in [0.25, 0.3) is 11.8 Å². The largest absolute Gasteiger partial charge is 0.493 e. The zero-order valence-electron chi connectivity index (χ0n) is 18.8. The van der Waals surface area contributed by atoms with Gasteiger partial charge in [0.05, 0.1) is 25.3 Å². The molecule has 0 spiro atoms. The lowest BCUT2D eigenvalue weighted by atomic mass is 9.87. The molecule has 168 valence electrons. The molecule has 0 N–H and O–H groups in total. The van der Waals surface area contributed by atoms with Gasteiger partial charge >= 0.3 is 0 Å². The summed E-state index contributed by atoms with van der Waals surface area (Å²) in [4.78, 5) is 30.4. The van der Waals surface area contributed by atoms with E-state index in [1.54, 1.807) is 0 Å². The van der Waals surface area contributed by atoms with Crippen molar-refractivity contribution in [2.45, 2.75) is 50.6 Å². The van der Waals surface area contributed by atoms with Crippen LogP contribution in [-0.2, 0) is 12.8 Å². The van der Waals surface area contributed by atoms with Crippen molar-refractivity contribution in [3.05, 3.63) is 58.7 Å². The lowest BCUT2D eigenvalue weighted by Gasteiger charge is -2.42. The Balaban J connectivity index is 1.34. The molecular formula is C26H30N2O4. The summed E-state index contributed by atoms with van der Waals surface area (Å²) < 4.78 is 11.2. The molecule has 0 bridgehead atoms. The van der Waals surface area contributed by atoms with Gasteiger partial charge in [-0.05, 0) is 60.4 Å². The Labute approximate surface area is 189 Å². The van der Waals surface area contributed by atoms with E-state index in [2.05, 4.69) is 0 Å². The molecule has 2 amide bonds. The third-order valence-electron chi connectivity index (χ3n) is 7.20. The topological polar surface area (TPSA) is 59.1 Å². The van der Waals surface area contributed by atoms with Crippen LogP contribution in [0.2, 0.25) is 0 Å². The SMILES string of the molecule is CN(C(=O)c1ccc2c(c1)CCO2)[C@@H]1CCCC[C@H]1N(C)C(=O)c1ccc2c(c1)CCO2. The van der Waals surface area contributed by atoms with Gasteiger partial charge < -0.3 is 19.3 Å². The lowest BCUT2D eigenvalue weighted by molar-refractivity contribution is 0.0421. The van der Waals surface area contributed by atoms with Crippen LogP contribution in [0, 0.1) is 0 Å². The van der Waals surface area contributed by atoms with Crippen LogP contribution in [0.5, 0.6) is 11.5 Å². The monoisotopic (exact) mass is 434 g/mol. The van der Waals surface area contributed by atoms with E-state index >= 15 is 0 Å². The first-order valence-corrected chi connectivity index (χ1v) is 11.6. The zero-order valence-corrected chi connectivity index (χ0v) is 18.8. The molecule has 2 heterocycles. The normalized spacial score (nSPS) is 21.2. The summed E-state index contributed by atoms with van der Waals surface area (Å²) in [7, 11) is 3.75. The average Bonchev–Trinajstić information content (AvgIpc) is 3.50. The molecule has 1 aliphatic carbocycles. The fourth-order valence-corrected chi connectivity index (χ4v) is 5.34. The highest BCUT2D eigenvalue weighted by Gasteiger charge is 2.36. The number of benzene rings is 2. The standard InChI is InChI=1S/C26H30N2O4/c1-27(25(29)19-7-9-23-17(15-19)11-13-31-23)21-5-3-4-6-22(21)28(2)26(30)20-8-10-24-18(16-20)12-14-32-24/h7-10,15-16,21-22H,3-6,11-14H2,1-2H3/t21-,22-/m1/s1. The Kier molecular flexibility index (Phi) is 5.53. The highest BCUT2D eigenvalue weighted by Crippen LogP contribution is 2.31. The molecule has 0 aromatic heterocycles. The summed E-state index contributed by atoms with van der Waals surface area (Å²) in [6.45, 7) is 1.35. The smallest absolute Gasteiger partial charge is 0.253 e. The number of amides is 2. The predicted octanol–water partition coefficient (Wildman–Crippen LogP) is 3.71. The fourth-order valence-electron chi connectivity index (χ4n) is 5.34. The maximum absolute atomic E-state index is 13.3. The molecule has 1 saturated carbocycles. The Morgan fingerprint density at radius 3 is 1.62 bits per heavy atom. The molecular weight excluding hydrogens is 404 g/mol. The molecule has 2 atom stereocenters. The van der Waals surface area contributed by atoms with Gasteiger partial charge in [0.15, 0.2) is 0 Å². The third-order valence-corrected chi connectivity index (χ3v) is 7.20. The second-order valence-electron chi connectivity index (χ2n) is 9.09. The van der Waals surface area contributed by atoms with Crippen LogP contribution in [0.25, 0.3) is 0 Å². The van der Waals surface area contributed by atoms with Crippen LogP contribution in [0.3, 0.4) is 0 Å². The summed E-state index contributed by atoms with van der Waals surface area (Å²) in [6.07, 6.45) is 5.61. The Morgan fingerprint density at radius 2 is 1.19 bits per heavy atom. The number of hydrogen-bond acceptors (Lipinski definition) is 4. The second kappa shape index (κ2) is 8.49. The van der Waals surface area contributed by atoms with Gasteiger partial charge in [0.1, 0.15) is 11.5 Å². The number of likely N-dealkylation sites (N-methyl/N-ethyl adjacent to an activating group) is 2. The van der Waals surface area contributed by atoms with Gasteiger partial charge in [-0.15, -0.1) is 0 Å². The molecule has 5 rings (SSSR count). The van der Waals surface area contributed by atoms with Crippen LogP contribution < -0.4 is 9.47 Å². The first-order chi connectivity index (χ1) is 15.5. The fraction of sp³-hybridized carbons (Fsp3) is 0.462. The molecule has 0 saturated heterocycles. The number of carbonyl (C=O) groups is 2. The quantitative estimate of drug-likeness (QED) is 0.736. The van der Waals surface area contributed by atoms with Crippen LogP contribution in [0.15, 0.2) is 36.4 Å². The summed E-state index contributed by atoms with van der Waals surface area (Å²) >= 11 is 0. The molecule has 6 nitrogen and oxygen atoms in total. The molecule has 6 heteroatoms. The number of fused-ring (bicyclic) bond motifs is 2. The van der Waals surface area contributed by atoms with E-state index in [0.717, 1.165) is 61.2 Å². The highest BCUT2D eigenvalue weighted by atomic mass is 16.5. The van der Waals surface area contributed by atoms with Crippen LogP contribution in [0.1, 0.15) is 57.5 Å². The van der Waals surface area contributed by atoms with Gasteiger partial charge in [0, 0.05) is 38.1 Å². The van der Waals surface area contributed by atoms with Gasteiger partial charge in [-0.2, -0.15) is 0 Å². The minimum Gasteiger partial charge on any atom is -0.493 e. The van der Waals surface area contributed by atoms with Gasteiger partial charge in [0.2, 0.25) is 0 Å². The van der Waals surface area contributed by atoms with E-state index in [4.69, 9.17) is 9.47 Å². The van der Waals surface area contributed by atoms with Gasteiger partial charge in [-0.25, -0.2) is 0 Å².